The first kappa shape index (κ1) is 15.4. The van der Waals surface area contributed by atoms with Crippen molar-refractivity contribution < 1.29 is 14.0 Å². The molecule has 0 unspecified atom stereocenters. The second-order valence-corrected chi connectivity index (χ2v) is 5.58. The maximum Gasteiger partial charge on any atom is 0.240 e. The summed E-state index contributed by atoms with van der Waals surface area (Å²) < 4.78 is 13.5. The predicted octanol–water partition coefficient (Wildman–Crippen LogP) is 1.22. The van der Waals surface area contributed by atoms with Crippen molar-refractivity contribution in [2.45, 2.75) is 12.8 Å². The minimum atomic E-state index is -1.03. The number of hydrogen-bond donors (Lipinski definition) is 2. The number of benzene rings is 1. The molecule has 0 spiro atoms. The summed E-state index contributed by atoms with van der Waals surface area (Å²) in [7, 11) is 3.81. The lowest BCUT2D eigenvalue weighted by molar-refractivity contribution is -0.134. The van der Waals surface area contributed by atoms with Gasteiger partial charge in [0, 0.05) is 13.1 Å². The number of hydrogen-bond acceptors (Lipinski definition) is 3. The lowest BCUT2D eigenvalue weighted by Gasteiger charge is -2.17. The summed E-state index contributed by atoms with van der Waals surface area (Å²) >= 11 is 0. The molecule has 2 rings (SSSR count). The van der Waals surface area contributed by atoms with Crippen molar-refractivity contribution in [3.8, 4) is 0 Å². The fraction of sp³-hybridized carbons (Fsp3) is 0.467. The van der Waals surface area contributed by atoms with E-state index in [4.69, 9.17) is 0 Å². The molecule has 5 nitrogen and oxygen atoms in total. The number of carbonyl (C=O) groups excluding carboxylic acids is 2. The molecule has 1 aliphatic carbocycles. The van der Waals surface area contributed by atoms with E-state index in [0.717, 1.165) is 0 Å². The van der Waals surface area contributed by atoms with Crippen LogP contribution in [-0.2, 0) is 9.59 Å². The van der Waals surface area contributed by atoms with Gasteiger partial charge in [-0.2, -0.15) is 0 Å². The highest BCUT2D eigenvalue weighted by molar-refractivity contribution is 6.13. The fourth-order valence-corrected chi connectivity index (χ4v) is 2.05. The van der Waals surface area contributed by atoms with Crippen LogP contribution >= 0.6 is 0 Å². The predicted molar refractivity (Wildman–Crippen MR) is 78.3 cm³/mol. The molecular weight excluding hydrogens is 273 g/mol. The van der Waals surface area contributed by atoms with E-state index in [9.17, 15) is 14.0 Å². The summed E-state index contributed by atoms with van der Waals surface area (Å²) in [6, 6.07) is 5.93. The third-order valence-corrected chi connectivity index (χ3v) is 3.59. The molecule has 0 saturated heterocycles. The number of para-hydroxylation sites is 1. The molecule has 0 atom stereocenters. The number of nitrogens with zero attached hydrogens (tertiary/aromatic N) is 1. The Labute approximate surface area is 123 Å². The molecule has 1 aromatic rings. The standard InChI is InChI=1S/C15H20FN3O2/c1-19(2)10-9-17-13(20)15(7-8-15)14(21)18-12-6-4-3-5-11(12)16/h3-6H,7-10H2,1-2H3,(H,17,20)(H,18,21). The van der Waals surface area contributed by atoms with E-state index >= 15 is 0 Å². The van der Waals surface area contributed by atoms with Crippen LogP contribution in [0.15, 0.2) is 24.3 Å². The number of carbonyl (C=O) groups is 2. The molecule has 0 radical (unpaired) electrons. The summed E-state index contributed by atoms with van der Waals surface area (Å²) in [5.74, 6) is -1.22. The summed E-state index contributed by atoms with van der Waals surface area (Å²) in [6.07, 6.45) is 1.00. The Hall–Kier alpha value is -1.95. The van der Waals surface area contributed by atoms with Crippen molar-refractivity contribution in [2.75, 3.05) is 32.5 Å². The Bertz CT molecular complexity index is 541. The Morgan fingerprint density at radius 1 is 1.24 bits per heavy atom. The van der Waals surface area contributed by atoms with Crippen LogP contribution in [0.4, 0.5) is 10.1 Å². The number of halogens is 1. The molecule has 114 valence electrons. The summed E-state index contributed by atoms with van der Waals surface area (Å²) in [5, 5.41) is 5.27. The average molecular weight is 293 g/mol. The van der Waals surface area contributed by atoms with Crippen LogP contribution in [0, 0.1) is 11.2 Å². The summed E-state index contributed by atoms with van der Waals surface area (Å²) in [5.41, 5.74) is -0.927. The van der Waals surface area contributed by atoms with E-state index in [1.807, 2.05) is 19.0 Å². The zero-order chi connectivity index (χ0) is 15.5. The van der Waals surface area contributed by atoms with Gasteiger partial charge in [0.05, 0.1) is 5.69 Å². The Kier molecular flexibility index (Phi) is 4.57. The van der Waals surface area contributed by atoms with E-state index in [0.29, 0.717) is 25.9 Å². The molecule has 6 heteroatoms. The second-order valence-electron chi connectivity index (χ2n) is 5.58. The third kappa shape index (κ3) is 3.58. The molecule has 0 aliphatic heterocycles. The number of anilines is 1. The van der Waals surface area contributed by atoms with E-state index in [1.165, 1.54) is 12.1 Å². The first-order chi connectivity index (χ1) is 9.95. The van der Waals surface area contributed by atoms with Gasteiger partial charge in [0.15, 0.2) is 0 Å². The molecule has 2 amide bonds. The molecule has 0 bridgehead atoms. The highest BCUT2D eigenvalue weighted by Gasteiger charge is 2.56. The van der Waals surface area contributed by atoms with Crippen molar-refractivity contribution in [3.63, 3.8) is 0 Å². The molecule has 21 heavy (non-hydrogen) atoms. The normalized spacial score (nSPS) is 15.6. The van der Waals surface area contributed by atoms with Crippen LogP contribution in [0.2, 0.25) is 0 Å². The van der Waals surface area contributed by atoms with Crippen LogP contribution in [0.3, 0.4) is 0 Å². The third-order valence-electron chi connectivity index (χ3n) is 3.59. The highest BCUT2D eigenvalue weighted by atomic mass is 19.1. The lowest BCUT2D eigenvalue weighted by atomic mass is 10.0. The monoisotopic (exact) mass is 293 g/mol. The number of nitrogens with one attached hydrogen (secondary N) is 2. The molecule has 0 aromatic heterocycles. The van der Waals surface area contributed by atoms with Crippen LogP contribution < -0.4 is 10.6 Å². The van der Waals surface area contributed by atoms with Gasteiger partial charge in [-0.3, -0.25) is 9.59 Å². The van der Waals surface area contributed by atoms with Crippen LogP contribution in [-0.4, -0.2) is 43.9 Å². The lowest BCUT2D eigenvalue weighted by Crippen LogP contribution is -2.42. The van der Waals surface area contributed by atoms with Crippen LogP contribution in [0.1, 0.15) is 12.8 Å². The summed E-state index contributed by atoms with van der Waals surface area (Å²) in [4.78, 5) is 26.3. The van der Waals surface area contributed by atoms with E-state index in [1.54, 1.807) is 12.1 Å². The van der Waals surface area contributed by atoms with Gasteiger partial charge in [-0.05, 0) is 39.1 Å². The van der Waals surface area contributed by atoms with Gasteiger partial charge < -0.3 is 15.5 Å². The Balaban J connectivity index is 1.95. The van der Waals surface area contributed by atoms with Crippen molar-refractivity contribution in [1.82, 2.24) is 10.2 Å². The first-order valence-corrected chi connectivity index (χ1v) is 6.95. The molecule has 2 N–H and O–H groups in total. The molecular formula is C15H20FN3O2. The minimum Gasteiger partial charge on any atom is -0.354 e. The molecule has 1 aromatic carbocycles. The maximum absolute atomic E-state index is 13.5. The topological polar surface area (TPSA) is 61.4 Å². The van der Waals surface area contributed by atoms with Crippen molar-refractivity contribution in [2.24, 2.45) is 5.41 Å². The minimum absolute atomic E-state index is 0.106. The number of amides is 2. The van der Waals surface area contributed by atoms with Gasteiger partial charge in [-0.1, -0.05) is 12.1 Å². The Morgan fingerprint density at radius 2 is 1.90 bits per heavy atom. The zero-order valence-corrected chi connectivity index (χ0v) is 12.3. The van der Waals surface area contributed by atoms with E-state index in [-0.39, 0.29) is 11.6 Å². The largest absolute Gasteiger partial charge is 0.354 e. The van der Waals surface area contributed by atoms with Gasteiger partial charge in [0.1, 0.15) is 11.2 Å². The Morgan fingerprint density at radius 3 is 2.48 bits per heavy atom. The van der Waals surface area contributed by atoms with Crippen LogP contribution in [0.5, 0.6) is 0 Å². The van der Waals surface area contributed by atoms with Gasteiger partial charge >= 0.3 is 0 Å². The fourth-order valence-electron chi connectivity index (χ4n) is 2.05. The molecule has 1 saturated carbocycles. The SMILES string of the molecule is CN(C)CCNC(=O)C1(C(=O)Nc2ccccc2F)CC1. The second kappa shape index (κ2) is 6.22. The van der Waals surface area contributed by atoms with Crippen molar-refractivity contribution in [3.05, 3.63) is 30.1 Å². The average Bonchev–Trinajstić information content (AvgIpc) is 3.22. The highest BCUT2D eigenvalue weighted by Crippen LogP contribution is 2.46. The molecule has 1 aliphatic rings. The van der Waals surface area contributed by atoms with Gasteiger partial charge in [-0.25, -0.2) is 4.39 Å². The molecule has 0 heterocycles. The zero-order valence-electron chi connectivity index (χ0n) is 12.3. The van der Waals surface area contributed by atoms with E-state index < -0.39 is 17.1 Å². The van der Waals surface area contributed by atoms with Gasteiger partial charge in [-0.15, -0.1) is 0 Å². The number of rotatable bonds is 6. The van der Waals surface area contributed by atoms with Crippen LogP contribution in [0.25, 0.3) is 0 Å². The quantitative estimate of drug-likeness (QED) is 0.775. The molecule has 1 fully saturated rings. The van der Waals surface area contributed by atoms with Gasteiger partial charge in [0.25, 0.3) is 0 Å². The summed E-state index contributed by atoms with van der Waals surface area (Å²) in [6.45, 7) is 1.19. The first-order valence-electron chi connectivity index (χ1n) is 6.95. The van der Waals surface area contributed by atoms with Gasteiger partial charge in [0.2, 0.25) is 11.8 Å². The van der Waals surface area contributed by atoms with Crippen molar-refractivity contribution in [1.29, 1.82) is 0 Å². The van der Waals surface area contributed by atoms with Crippen molar-refractivity contribution >= 4 is 17.5 Å². The van der Waals surface area contributed by atoms with E-state index in [2.05, 4.69) is 10.6 Å². The number of likely N-dealkylation sites (N-methyl/N-ethyl adjacent to an activating group) is 1. The maximum atomic E-state index is 13.5. The smallest absolute Gasteiger partial charge is 0.240 e.